The fourth-order valence-electron chi connectivity index (χ4n) is 1.54. The summed E-state index contributed by atoms with van der Waals surface area (Å²) in [6, 6.07) is 2.76. The molecule has 0 spiro atoms. The SMILES string of the molecule is COC(C(=O)c1cc(F)cc(F)c1)C(C)C. The van der Waals surface area contributed by atoms with Crippen molar-refractivity contribution in [1.29, 1.82) is 0 Å². The summed E-state index contributed by atoms with van der Waals surface area (Å²) in [5.74, 6) is -1.98. The number of benzene rings is 1. The first-order valence-electron chi connectivity index (χ1n) is 4.98. The fraction of sp³-hybridized carbons (Fsp3) is 0.417. The summed E-state index contributed by atoms with van der Waals surface area (Å²) in [4.78, 5) is 11.9. The van der Waals surface area contributed by atoms with E-state index in [1.807, 2.05) is 13.8 Å². The van der Waals surface area contributed by atoms with Gasteiger partial charge in [-0.2, -0.15) is 0 Å². The second kappa shape index (κ2) is 5.16. The van der Waals surface area contributed by atoms with Gasteiger partial charge in [-0.3, -0.25) is 4.79 Å². The highest BCUT2D eigenvalue weighted by Crippen LogP contribution is 2.15. The molecule has 0 aliphatic carbocycles. The summed E-state index contributed by atoms with van der Waals surface area (Å²) in [5, 5.41) is 0. The standard InChI is InChI=1S/C12H14F2O2/c1-7(2)12(16-3)11(15)8-4-9(13)6-10(14)5-8/h4-7,12H,1-3H3. The van der Waals surface area contributed by atoms with Gasteiger partial charge in [0.05, 0.1) is 0 Å². The van der Waals surface area contributed by atoms with Crippen molar-refractivity contribution in [3.63, 3.8) is 0 Å². The van der Waals surface area contributed by atoms with Crippen LogP contribution >= 0.6 is 0 Å². The van der Waals surface area contributed by atoms with Crippen LogP contribution in [0, 0.1) is 17.6 Å². The first kappa shape index (κ1) is 12.8. The molecule has 0 radical (unpaired) electrons. The molecule has 0 aromatic heterocycles. The second-order valence-corrected chi connectivity index (χ2v) is 3.92. The molecule has 2 nitrogen and oxygen atoms in total. The molecule has 0 saturated carbocycles. The van der Waals surface area contributed by atoms with Crippen LogP contribution in [0.3, 0.4) is 0 Å². The zero-order valence-electron chi connectivity index (χ0n) is 9.46. The fourth-order valence-corrected chi connectivity index (χ4v) is 1.54. The van der Waals surface area contributed by atoms with Crippen molar-refractivity contribution in [3.8, 4) is 0 Å². The van der Waals surface area contributed by atoms with Crippen LogP contribution in [0.25, 0.3) is 0 Å². The normalized spacial score (nSPS) is 12.9. The largest absolute Gasteiger partial charge is 0.373 e. The Morgan fingerprint density at radius 2 is 1.69 bits per heavy atom. The molecule has 0 bridgehead atoms. The lowest BCUT2D eigenvalue weighted by Crippen LogP contribution is -2.28. The monoisotopic (exact) mass is 228 g/mol. The van der Waals surface area contributed by atoms with Gasteiger partial charge in [0.2, 0.25) is 0 Å². The molecule has 0 saturated heterocycles. The third-order valence-electron chi connectivity index (χ3n) is 2.26. The first-order chi connectivity index (χ1) is 7.45. The molecule has 4 heteroatoms. The quantitative estimate of drug-likeness (QED) is 0.741. The van der Waals surface area contributed by atoms with Crippen LogP contribution < -0.4 is 0 Å². The van der Waals surface area contributed by atoms with E-state index in [0.29, 0.717) is 0 Å². The summed E-state index contributed by atoms with van der Waals surface area (Å²) in [6.07, 6.45) is -0.679. The maximum atomic E-state index is 12.9. The molecule has 1 aromatic rings. The van der Waals surface area contributed by atoms with Crippen molar-refractivity contribution in [3.05, 3.63) is 35.4 Å². The van der Waals surface area contributed by atoms with Crippen molar-refractivity contribution in [2.75, 3.05) is 7.11 Å². The number of Topliss-reactive ketones (excluding diaryl/α,β-unsaturated/α-hetero) is 1. The van der Waals surface area contributed by atoms with Gasteiger partial charge in [-0.25, -0.2) is 8.78 Å². The topological polar surface area (TPSA) is 26.3 Å². The van der Waals surface area contributed by atoms with E-state index in [1.54, 1.807) is 0 Å². The van der Waals surface area contributed by atoms with Crippen LogP contribution in [0.2, 0.25) is 0 Å². The Balaban J connectivity index is 3.03. The first-order valence-corrected chi connectivity index (χ1v) is 4.98. The predicted octanol–water partition coefficient (Wildman–Crippen LogP) is 2.82. The molecular weight excluding hydrogens is 214 g/mol. The molecule has 0 N–H and O–H groups in total. The number of rotatable bonds is 4. The number of carbonyl (C=O) groups is 1. The molecule has 0 amide bonds. The number of methoxy groups -OCH3 is 1. The number of hydrogen-bond donors (Lipinski definition) is 0. The van der Waals surface area contributed by atoms with Gasteiger partial charge in [0.25, 0.3) is 0 Å². The Morgan fingerprint density at radius 1 is 1.19 bits per heavy atom. The van der Waals surface area contributed by atoms with E-state index in [4.69, 9.17) is 4.74 Å². The Hall–Kier alpha value is -1.29. The highest BCUT2D eigenvalue weighted by molar-refractivity contribution is 5.99. The van der Waals surface area contributed by atoms with Gasteiger partial charge in [-0.1, -0.05) is 13.8 Å². The van der Waals surface area contributed by atoms with Crippen molar-refractivity contribution in [1.82, 2.24) is 0 Å². The van der Waals surface area contributed by atoms with E-state index in [2.05, 4.69) is 0 Å². The van der Waals surface area contributed by atoms with Crippen LogP contribution in [0.5, 0.6) is 0 Å². The Bertz CT molecular complexity index is 368. The van der Waals surface area contributed by atoms with Gasteiger partial charge in [-0.05, 0) is 18.1 Å². The van der Waals surface area contributed by atoms with E-state index in [9.17, 15) is 13.6 Å². The molecule has 1 unspecified atom stereocenters. The number of hydrogen-bond acceptors (Lipinski definition) is 2. The van der Waals surface area contributed by atoms with Crippen molar-refractivity contribution >= 4 is 5.78 Å². The summed E-state index contributed by atoms with van der Waals surface area (Å²) in [5.41, 5.74) is -0.00181. The molecular formula is C12H14F2O2. The third-order valence-corrected chi connectivity index (χ3v) is 2.26. The molecule has 0 fully saturated rings. The Morgan fingerprint density at radius 3 is 2.06 bits per heavy atom. The lowest BCUT2D eigenvalue weighted by molar-refractivity contribution is 0.0458. The lowest BCUT2D eigenvalue weighted by atomic mass is 9.97. The number of carbonyl (C=O) groups excluding carboxylic acids is 1. The van der Waals surface area contributed by atoms with Crippen LogP contribution in [-0.4, -0.2) is 19.0 Å². The third kappa shape index (κ3) is 2.85. The molecule has 1 rings (SSSR count). The van der Waals surface area contributed by atoms with Crippen molar-refractivity contribution in [2.24, 2.45) is 5.92 Å². The summed E-state index contributed by atoms with van der Waals surface area (Å²) in [6.45, 7) is 3.61. The van der Waals surface area contributed by atoms with Gasteiger partial charge in [0, 0.05) is 18.7 Å². The number of ether oxygens (including phenoxy) is 1. The van der Waals surface area contributed by atoms with Crippen molar-refractivity contribution in [2.45, 2.75) is 20.0 Å². The van der Waals surface area contributed by atoms with E-state index in [0.717, 1.165) is 18.2 Å². The van der Waals surface area contributed by atoms with Crippen molar-refractivity contribution < 1.29 is 18.3 Å². The van der Waals surface area contributed by atoms with E-state index in [-0.39, 0.29) is 11.5 Å². The van der Waals surface area contributed by atoms with Gasteiger partial charge < -0.3 is 4.74 Å². The zero-order chi connectivity index (χ0) is 12.3. The van der Waals surface area contributed by atoms with E-state index in [1.165, 1.54) is 7.11 Å². The molecule has 1 atom stereocenters. The number of ketones is 1. The number of halogens is 2. The molecule has 88 valence electrons. The van der Waals surface area contributed by atoms with Crippen LogP contribution in [0.4, 0.5) is 8.78 Å². The van der Waals surface area contributed by atoms with Crippen LogP contribution in [0.15, 0.2) is 18.2 Å². The average Bonchev–Trinajstić information content (AvgIpc) is 2.16. The lowest BCUT2D eigenvalue weighted by Gasteiger charge is -2.17. The van der Waals surface area contributed by atoms with Gasteiger partial charge in [0.1, 0.15) is 17.7 Å². The average molecular weight is 228 g/mol. The van der Waals surface area contributed by atoms with Crippen LogP contribution in [-0.2, 0) is 4.74 Å². The maximum absolute atomic E-state index is 12.9. The Labute approximate surface area is 93.2 Å². The molecule has 0 aliphatic heterocycles. The second-order valence-electron chi connectivity index (χ2n) is 3.92. The minimum atomic E-state index is -0.762. The molecule has 0 heterocycles. The highest BCUT2D eigenvalue weighted by atomic mass is 19.1. The maximum Gasteiger partial charge on any atom is 0.191 e. The molecule has 0 aliphatic rings. The highest BCUT2D eigenvalue weighted by Gasteiger charge is 2.23. The van der Waals surface area contributed by atoms with Gasteiger partial charge >= 0.3 is 0 Å². The smallest absolute Gasteiger partial charge is 0.191 e. The predicted molar refractivity (Wildman–Crippen MR) is 56.3 cm³/mol. The summed E-state index contributed by atoms with van der Waals surface area (Å²) in [7, 11) is 1.40. The van der Waals surface area contributed by atoms with Gasteiger partial charge in [-0.15, -0.1) is 0 Å². The van der Waals surface area contributed by atoms with E-state index >= 15 is 0 Å². The van der Waals surface area contributed by atoms with Crippen LogP contribution in [0.1, 0.15) is 24.2 Å². The van der Waals surface area contributed by atoms with E-state index < -0.39 is 23.5 Å². The zero-order valence-corrected chi connectivity index (χ0v) is 9.46. The minimum absolute atomic E-state index is 0.00181. The summed E-state index contributed by atoms with van der Waals surface area (Å²) >= 11 is 0. The van der Waals surface area contributed by atoms with Gasteiger partial charge in [0.15, 0.2) is 5.78 Å². The minimum Gasteiger partial charge on any atom is -0.373 e. The Kier molecular flexibility index (Phi) is 4.12. The summed E-state index contributed by atoms with van der Waals surface area (Å²) < 4.78 is 30.9. The molecule has 16 heavy (non-hydrogen) atoms. The molecule has 1 aromatic carbocycles.